The van der Waals surface area contributed by atoms with Crippen LogP contribution in [0, 0.1) is 0 Å². The number of fused-ring (bicyclic) bond motifs is 3. The zero-order chi connectivity index (χ0) is 30.8. The number of hydrogen-bond acceptors (Lipinski definition) is 8. The Morgan fingerprint density at radius 2 is 1.86 bits per heavy atom. The predicted octanol–water partition coefficient (Wildman–Crippen LogP) is 2.19. The van der Waals surface area contributed by atoms with Crippen LogP contribution in [-0.2, 0) is 35.4 Å². The number of halogens is 3. The van der Waals surface area contributed by atoms with Crippen molar-refractivity contribution in [1.29, 1.82) is 0 Å². The Morgan fingerprint density at radius 1 is 1.05 bits per heavy atom. The molecule has 3 atom stereocenters. The van der Waals surface area contributed by atoms with Crippen molar-refractivity contribution in [2.45, 2.75) is 50.5 Å². The fourth-order valence-corrected chi connectivity index (χ4v) is 6.07. The number of carbonyl (C=O) groups is 2. The van der Waals surface area contributed by atoms with E-state index < -0.39 is 29.8 Å². The van der Waals surface area contributed by atoms with E-state index in [0.717, 1.165) is 17.7 Å². The summed E-state index contributed by atoms with van der Waals surface area (Å²) in [6, 6.07) is 11.5. The number of aromatic nitrogens is 3. The molecular formula is C30H33F3N6O5. The Balaban J connectivity index is 1.27. The van der Waals surface area contributed by atoms with E-state index in [2.05, 4.69) is 15.2 Å². The number of amides is 2. The molecule has 3 aliphatic heterocycles. The van der Waals surface area contributed by atoms with Crippen LogP contribution >= 0.6 is 0 Å². The van der Waals surface area contributed by atoms with Crippen LogP contribution < -0.4 is 4.74 Å². The highest BCUT2D eigenvalue weighted by Crippen LogP contribution is 2.36. The van der Waals surface area contributed by atoms with Gasteiger partial charge in [-0.2, -0.15) is 13.2 Å². The number of ether oxygens (including phenoxy) is 2. The first-order chi connectivity index (χ1) is 21.2. The second-order valence-corrected chi connectivity index (χ2v) is 11.3. The van der Waals surface area contributed by atoms with E-state index in [4.69, 9.17) is 14.6 Å². The third-order valence-corrected chi connectivity index (χ3v) is 8.26. The molecule has 3 aromatic rings. The Labute approximate surface area is 251 Å². The number of aliphatic hydroxyl groups excluding tert-OH is 1. The van der Waals surface area contributed by atoms with Gasteiger partial charge in [0, 0.05) is 39.1 Å². The first-order valence-corrected chi connectivity index (χ1v) is 14.5. The zero-order valence-corrected chi connectivity index (χ0v) is 23.9. The van der Waals surface area contributed by atoms with Crippen molar-refractivity contribution in [3.63, 3.8) is 0 Å². The molecule has 0 unspecified atom stereocenters. The van der Waals surface area contributed by atoms with Crippen LogP contribution in [0.2, 0.25) is 0 Å². The molecular weight excluding hydrogens is 581 g/mol. The van der Waals surface area contributed by atoms with Crippen molar-refractivity contribution in [3.8, 4) is 5.75 Å². The molecule has 1 N–H and O–H groups in total. The van der Waals surface area contributed by atoms with Crippen LogP contribution in [0.3, 0.4) is 0 Å². The molecule has 0 aliphatic carbocycles. The van der Waals surface area contributed by atoms with Crippen LogP contribution in [0.25, 0.3) is 0 Å². The van der Waals surface area contributed by atoms with Gasteiger partial charge in [0.2, 0.25) is 5.91 Å². The highest BCUT2D eigenvalue weighted by atomic mass is 19.4. The SMILES string of the molecule is O=C1[C@@H]2C[C@@H](OCc3cn(CCO)nn3)CN2C(=O)c2cc(C(F)(F)F)ccc2OC[C@@H]2CN(Cc3ccccc3)CCN12. The second-order valence-electron chi connectivity index (χ2n) is 11.3. The molecule has 0 saturated carbocycles. The van der Waals surface area contributed by atoms with Gasteiger partial charge in [-0.05, 0) is 23.8 Å². The third kappa shape index (κ3) is 6.42. The molecule has 0 radical (unpaired) electrons. The number of benzene rings is 2. The molecule has 1 aromatic heterocycles. The Morgan fingerprint density at radius 3 is 2.64 bits per heavy atom. The van der Waals surface area contributed by atoms with E-state index in [0.29, 0.717) is 31.9 Å². The van der Waals surface area contributed by atoms with Crippen LogP contribution in [0.15, 0.2) is 54.7 Å². The predicted molar refractivity (Wildman–Crippen MR) is 149 cm³/mol. The molecule has 6 rings (SSSR count). The molecule has 14 heteroatoms. The van der Waals surface area contributed by atoms with Crippen molar-refractivity contribution in [2.24, 2.45) is 0 Å². The van der Waals surface area contributed by atoms with Gasteiger partial charge < -0.3 is 24.4 Å². The monoisotopic (exact) mass is 614 g/mol. The highest BCUT2D eigenvalue weighted by molar-refractivity contribution is 6.00. The maximum atomic E-state index is 14.1. The van der Waals surface area contributed by atoms with Crippen LogP contribution in [0.4, 0.5) is 13.2 Å². The number of carbonyl (C=O) groups excluding carboxylic acids is 2. The summed E-state index contributed by atoms with van der Waals surface area (Å²) in [5.74, 6) is -0.951. The largest absolute Gasteiger partial charge is 0.491 e. The summed E-state index contributed by atoms with van der Waals surface area (Å²) in [5.41, 5.74) is 0.421. The molecule has 11 nitrogen and oxygen atoms in total. The summed E-state index contributed by atoms with van der Waals surface area (Å²) in [4.78, 5) is 33.2. The maximum Gasteiger partial charge on any atom is 0.416 e. The molecule has 234 valence electrons. The number of rotatable bonds is 7. The van der Waals surface area contributed by atoms with Gasteiger partial charge in [-0.1, -0.05) is 35.5 Å². The van der Waals surface area contributed by atoms with Gasteiger partial charge in [-0.15, -0.1) is 5.10 Å². The Bertz CT molecular complexity index is 1490. The van der Waals surface area contributed by atoms with Gasteiger partial charge in [-0.25, -0.2) is 4.68 Å². The molecule has 4 heterocycles. The first kappa shape index (κ1) is 30.0. The van der Waals surface area contributed by atoms with E-state index in [9.17, 15) is 22.8 Å². The molecule has 3 aliphatic rings. The van der Waals surface area contributed by atoms with E-state index in [1.807, 2.05) is 30.3 Å². The van der Waals surface area contributed by atoms with Gasteiger partial charge >= 0.3 is 6.18 Å². The lowest BCUT2D eigenvalue weighted by Gasteiger charge is -2.43. The molecule has 2 fully saturated rings. The molecule has 44 heavy (non-hydrogen) atoms. The van der Waals surface area contributed by atoms with Crippen molar-refractivity contribution >= 4 is 11.8 Å². The maximum absolute atomic E-state index is 14.1. The summed E-state index contributed by atoms with van der Waals surface area (Å²) >= 11 is 0. The summed E-state index contributed by atoms with van der Waals surface area (Å²) < 4.78 is 54.6. The number of piperazine rings is 1. The lowest BCUT2D eigenvalue weighted by atomic mass is 10.0. The first-order valence-electron chi connectivity index (χ1n) is 14.5. The summed E-state index contributed by atoms with van der Waals surface area (Å²) in [7, 11) is 0. The van der Waals surface area contributed by atoms with E-state index in [1.54, 1.807) is 11.1 Å². The quantitative estimate of drug-likeness (QED) is 0.431. The minimum atomic E-state index is -4.66. The second kappa shape index (κ2) is 12.5. The van der Waals surface area contributed by atoms with Crippen molar-refractivity contribution in [2.75, 3.05) is 39.4 Å². The van der Waals surface area contributed by atoms with Crippen LogP contribution in [0.5, 0.6) is 5.75 Å². The third-order valence-electron chi connectivity index (χ3n) is 8.26. The average Bonchev–Trinajstić information content (AvgIpc) is 3.65. The van der Waals surface area contributed by atoms with Gasteiger partial charge in [0.1, 0.15) is 24.1 Å². The Kier molecular flexibility index (Phi) is 8.56. The van der Waals surface area contributed by atoms with E-state index in [1.165, 1.54) is 15.6 Å². The van der Waals surface area contributed by atoms with E-state index in [-0.39, 0.29) is 62.6 Å². The van der Waals surface area contributed by atoms with Crippen LogP contribution in [0.1, 0.15) is 33.6 Å². The van der Waals surface area contributed by atoms with Crippen LogP contribution in [-0.4, -0.2) is 104 Å². The van der Waals surface area contributed by atoms with Gasteiger partial charge in [0.25, 0.3) is 5.91 Å². The number of nitrogens with zero attached hydrogens (tertiary/aromatic N) is 6. The minimum Gasteiger partial charge on any atom is -0.491 e. The van der Waals surface area contributed by atoms with Crippen molar-refractivity contribution < 1.29 is 37.3 Å². The topological polar surface area (TPSA) is 113 Å². The van der Waals surface area contributed by atoms with Gasteiger partial charge in [0.15, 0.2) is 0 Å². The van der Waals surface area contributed by atoms with Crippen molar-refractivity contribution in [3.05, 3.63) is 77.1 Å². The lowest BCUT2D eigenvalue weighted by molar-refractivity contribution is -0.142. The average molecular weight is 615 g/mol. The molecule has 2 amide bonds. The number of alkyl halides is 3. The minimum absolute atomic E-state index is 0.00828. The number of aliphatic hydroxyl groups is 1. The van der Waals surface area contributed by atoms with Gasteiger partial charge in [0.05, 0.1) is 49.2 Å². The van der Waals surface area contributed by atoms with Gasteiger partial charge in [-0.3, -0.25) is 14.5 Å². The van der Waals surface area contributed by atoms with E-state index >= 15 is 0 Å². The Hall–Kier alpha value is -4.01. The lowest BCUT2D eigenvalue weighted by Crippen LogP contribution is -2.61. The summed E-state index contributed by atoms with van der Waals surface area (Å²) in [5, 5.41) is 17.0. The molecule has 0 spiro atoms. The fraction of sp³-hybridized carbons (Fsp3) is 0.467. The number of hydrogen-bond donors (Lipinski definition) is 1. The summed E-state index contributed by atoms with van der Waals surface area (Å²) in [6.07, 6.45) is -3.42. The molecule has 2 aromatic carbocycles. The standard InChI is InChI=1S/C30H33F3N6O5/c31-30(32,33)21-6-7-27-25(12-21)28(41)39-17-24(43-18-22-15-37(10-11-40)35-34-22)13-26(39)29(42)38-9-8-36(16-23(38)19-44-27)14-20-4-2-1-3-5-20/h1-7,12,15,23-24,26,40H,8-11,13-14,16-19H2/t23-,24+,26-/m0/s1. The normalized spacial score (nSPS) is 22.8. The highest BCUT2D eigenvalue weighted by Gasteiger charge is 2.46. The fourth-order valence-electron chi connectivity index (χ4n) is 6.07. The molecule has 2 saturated heterocycles. The molecule has 0 bridgehead atoms. The van der Waals surface area contributed by atoms with Crippen molar-refractivity contribution in [1.82, 2.24) is 29.7 Å². The smallest absolute Gasteiger partial charge is 0.416 e. The summed E-state index contributed by atoms with van der Waals surface area (Å²) in [6.45, 7) is 2.47. The zero-order valence-electron chi connectivity index (χ0n) is 23.9.